The van der Waals surface area contributed by atoms with Gasteiger partial charge < -0.3 is 4.74 Å². The Morgan fingerprint density at radius 3 is 2.71 bits per heavy atom. The molecule has 1 aromatic carbocycles. The van der Waals surface area contributed by atoms with Crippen molar-refractivity contribution in [1.29, 1.82) is 0 Å². The molecule has 1 aliphatic heterocycles. The number of rotatable bonds is 5. The van der Waals surface area contributed by atoms with Crippen molar-refractivity contribution in [2.24, 2.45) is 5.92 Å². The predicted molar refractivity (Wildman–Crippen MR) is 65.2 cm³/mol. The fourth-order valence-corrected chi connectivity index (χ4v) is 2.96. The Balaban J connectivity index is 1.85. The molecule has 1 aromatic rings. The van der Waals surface area contributed by atoms with Gasteiger partial charge >= 0.3 is 0 Å². The highest BCUT2D eigenvalue weighted by atomic mass is 32.2. The number of benzene rings is 1. The van der Waals surface area contributed by atoms with Crippen LogP contribution in [0.2, 0.25) is 0 Å². The summed E-state index contributed by atoms with van der Waals surface area (Å²) in [6.45, 7) is 2.04. The number of sulfonamides is 1. The number of ether oxygens (including phenoxy) is 1. The van der Waals surface area contributed by atoms with E-state index in [1.54, 1.807) is 30.3 Å². The zero-order valence-electron chi connectivity index (χ0n) is 9.63. The van der Waals surface area contributed by atoms with E-state index in [1.165, 1.54) is 0 Å². The molecule has 1 heterocycles. The van der Waals surface area contributed by atoms with E-state index in [4.69, 9.17) is 4.74 Å². The summed E-state index contributed by atoms with van der Waals surface area (Å²) in [5, 5.41) is 0. The van der Waals surface area contributed by atoms with Gasteiger partial charge in [-0.05, 0) is 30.9 Å². The second-order valence-electron chi connectivity index (χ2n) is 4.23. The van der Waals surface area contributed by atoms with Crippen LogP contribution in [0.5, 0.6) is 0 Å². The second kappa shape index (κ2) is 5.62. The minimum atomic E-state index is -3.34. The van der Waals surface area contributed by atoms with Gasteiger partial charge in [-0.15, -0.1) is 0 Å². The number of hydrogen-bond acceptors (Lipinski definition) is 3. The van der Waals surface area contributed by atoms with Crippen molar-refractivity contribution in [3.63, 3.8) is 0 Å². The quantitative estimate of drug-likeness (QED) is 0.865. The summed E-state index contributed by atoms with van der Waals surface area (Å²) in [5.74, 6) is 0.494. The molecule has 1 aliphatic rings. The Hall–Kier alpha value is -0.910. The van der Waals surface area contributed by atoms with Gasteiger partial charge in [0.15, 0.2) is 0 Å². The van der Waals surface area contributed by atoms with Gasteiger partial charge in [0, 0.05) is 19.8 Å². The van der Waals surface area contributed by atoms with Crippen LogP contribution in [0.4, 0.5) is 0 Å². The molecule has 1 N–H and O–H groups in total. The molecule has 0 spiro atoms. The third-order valence-corrected chi connectivity index (χ3v) is 4.40. The summed E-state index contributed by atoms with van der Waals surface area (Å²) in [7, 11) is -3.34. The maximum absolute atomic E-state index is 11.9. The van der Waals surface area contributed by atoms with Gasteiger partial charge in [-0.3, -0.25) is 0 Å². The third kappa shape index (κ3) is 3.52. The van der Waals surface area contributed by atoms with Crippen molar-refractivity contribution >= 4 is 10.0 Å². The fourth-order valence-electron chi connectivity index (χ4n) is 1.89. The van der Waals surface area contributed by atoms with Crippen LogP contribution < -0.4 is 4.72 Å². The molecule has 0 radical (unpaired) electrons. The molecule has 0 aliphatic carbocycles. The van der Waals surface area contributed by atoms with Gasteiger partial charge in [0.1, 0.15) is 0 Å². The van der Waals surface area contributed by atoms with E-state index in [9.17, 15) is 8.42 Å². The molecule has 5 heteroatoms. The minimum absolute atomic E-state index is 0.322. The summed E-state index contributed by atoms with van der Waals surface area (Å²) in [6.07, 6.45) is 1.87. The first-order valence-corrected chi connectivity index (χ1v) is 7.29. The first-order chi connectivity index (χ1) is 8.18. The van der Waals surface area contributed by atoms with Gasteiger partial charge in [0.2, 0.25) is 10.0 Å². The highest BCUT2D eigenvalue weighted by molar-refractivity contribution is 7.89. The molecule has 1 atom stereocenters. The molecule has 0 aromatic heterocycles. The molecule has 0 amide bonds. The predicted octanol–water partition coefficient (Wildman–Crippen LogP) is 1.39. The zero-order chi connectivity index (χ0) is 12.1. The highest BCUT2D eigenvalue weighted by Crippen LogP contribution is 2.16. The Labute approximate surface area is 102 Å². The molecule has 2 rings (SSSR count). The first kappa shape index (κ1) is 12.5. The Kier molecular flexibility index (Phi) is 4.15. The average molecular weight is 255 g/mol. The lowest BCUT2D eigenvalue weighted by atomic mass is 10.1. The number of hydrogen-bond donors (Lipinski definition) is 1. The molecule has 17 heavy (non-hydrogen) atoms. The van der Waals surface area contributed by atoms with Crippen LogP contribution in [-0.2, 0) is 14.8 Å². The topological polar surface area (TPSA) is 55.4 Å². The minimum Gasteiger partial charge on any atom is -0.381 e. The van der Waals surface area contributed by atoms with Gasteiger partial charge in [-0.2, -0.15) is 0 Å². The fraction of sp³-hybridized carbons (Fsp3) is 0.500. The first-order valence-electron chi connectivity index (χ1n) is 5.81. The Morgan fingerprint density at radius 1 is 1.29 bits per heavy atom. The van der Waals surface area contributed by atoms with Crippen molar-refractivity contribution in [3.8, 4) is 0 Å². The zero-order valence-corrected chi connectivity index (χ0v) is 10.4. The number of nitrogens with one attached hydrogen (secondary N) is 1. The largest absolute Gasteiger partial charge is 0.381 e. The van der Waals surface area contributed by atoms with Crippen LogP contribution in [-0.4, -0.2) is 28.2 Å². The van der Waals surface area contributed by atoms with Crippen molar-refractivity contribution in [2.45, 2.75) is 17.7 Å². The van der Waals surface area contributed by atoms with Crippen LogP contribution in [0.25, 0.3) is 0 Å². The summed E-state index contributed by atoms with van der Waals surface area (Å²) in [6, 6.07) is 8.44. The van der Waals surface area contributed by atoms with E-state index in [-0.39, 0.29) is 0 Å². The van der Waals surface area contributed by atoms with Gasteiger partial charge in [0.05, 0.1) is 4.90 Å². The lowest BCUT2D eigenvalue weighted by molar-refractivity contribution is 0.184. The van der Waals surface area contributed by atoms with Crippen molar-refractivity contribution in [3.05, 3.63) is 30.3 Å². The van der Waals surface area contributed by atoms with E-state index in [0.717, 1.165) is 26.1 Å². The van der Waals surface area contributed by atoms with Crippen molar-refractivity contribution < 1.29 is 13.2 Å². The van der Waals surface area contributed by atoms with Crippen LogP contribution in [0.3, 0.4) is 0 Å². The average Bonchev–Trinajstić information content (AvgIpc) is 2.83. The van der Waals surface area contributed by atoms with E-state index >= 15 is 0 Å². The second-order valence-corrected chi connectivity index (χ2v) is 6.00. The summed E-state index contributed by atoms with van der Waals surface area (Å²) in [5.41, 5.74) is 0. The smallest absolute Gasteiger partial charge is 0.240 e. The maximum atomic E-state index is 11.9. The summed E-state index contributed by atoms with van der Waals surface area (Å²) >= 11 is 0. The summed E-state index contributed by atoms with van der Waals surface area (Å²) in [4.78, 5) is 0.322. The van der Waals surface area contributed by atoms with E-state index in [1.807, 2.05) is 0 Å². The molecule has 0 bridgehead atoms. The van der Waals surface area contributed by atoms with Crippen LogP contribution in [0.15, 0.2) is 35.2 Å². The molecule has 0 saturated carbocycles. The molecule has 1 unspecified atom stereocenters. The van der Waals surface area contributed by atoms with Gasteiger partial charge in [-0.25, -0.2) is 13.1 Å². The van der Waals surface area contributed by atoms with E-state index in [2.05, 4.69) is 4.72 Å². The van der Waals surface area contributed by atoms with Crippen molar-refractivity contribution in [1.82, 2.24) is 4.72 Å². The van der Waals surface area contributed by atoms with E-state index in [0.29, 0.717) is 17.4 Å². The normalized spacial score (nSPS) is 20.6. The molecular weight excluding hydrogens is 238 g/mol. The van der Waals surface area contributed by atoms with Crippen molar-refractivity contribution in [2.75, 3.05) is 19.8 Å². The van der Waals surface area contributed by atoms with Crippen LogP contribution >= 0.6 is 0 Å². The monoisotopic (exact) mass is 255 g/mol. The maximum Gasteiger partial charge on any atom is 0.240 e. The lowest BCUT2D eigenvalue weighted by Gasteiger charge is -2.09. The van der Waals surface area contributed by atoms with Gasteiger partial charge in [0.25, 0.3) is 0 Å². The highest BCUT2D eigenvalue weighted by Gasteiger charge is 2.17. The standard InChI is InChI=1S/C12H17NO3S/c14-17(15,12-4-2-1-3-5-12)13-8-6-11-7-9-16-10-11/h1-5,11,13H,6-10H2. The third-order valence-electron chi connectivity index (χ3n) is 2.92. The molecule has 1 saturated heterocycles. The molecular formula is C12H17NO3S. The SMILES string of the molecule is O=S(=O)(NCCC1CCOC1)c1ccccc1. The van der Waals surface area contributed by atoms with Crippen LogP contribution in [0, 0.1) is 5.92 Å². The van der Waals surface area contributed by atoms with Gasteiger partial charge in [-0.1, -0.05) is 18.2 Å². The summed E-state index contributed by atoms with van der Waals surface area (Å²) < 4.78 is 31.6. The Bertz CT molecular complexity index is 438. The Morgan fingerprint density at radius 2 is 2.06 bits per heavy atom. The molecule has 4 nitrogen and oxygen atoms in total. The lowest BCUT2D eigenvalue weighted by Crippen LogP contribution is -2.26. The molecule has 94 valence electrons. The molecule has 1 fully saturated rings. The van der Waals surface area contributed by atoms with E-state index < -0.39 is 10.0 Å². The van der Waals surface area contributed by atoms with Crippen LogP contribution in [0.1, 0.15) is 12.8 Å².